The fourth-order valence-electron chi connectivity index (χ4n) is 14.5. The quantitative estimate of drug-likeness (QED) is 0.0499. The van der Waals surface area contributed by atoms with Gasteiger partial charge in [-0.2, -0.15) is 73.1 Å². The summed E-state index contributed by atoms with van der Waals surface area (Å²) in [6.07, 6.45) is -8.25. The summed E-state index contributed by atoms with van der Waals surface area (Å²) in [7, 11) is 0. The van der Waals surface area contributed by atoms with Crippen molar-refractivity contribution in [3.05, 3.63) is 302 Å². The largest absolute Gasteiger partial charge is 0.417 e. The van der Waals surface area contributed by atoms with Crippen LogP contribution in [-0.4, -0.2) is 88.8 Å². The van der Waals surface area contributed by atoms with Gasteiger partial charge in [-0.25, -0.2) is 19.9 Å². The van der Waals surface area contributed by atoms with E-state index in [0.29, 0.717) is 73.7 Å². The third kappa shape index (κ3) is 16.9. The minimum atomic E-state index is -4.50. The third-order valence-electron chi connectivity index (χ3n) is 20.2. The number of nitrogens with zero attached hydrogens (tertiary/aromatic N) is 12. The van der Waals surface area contributed by atoms with Crippen LogP contribution in [0.4, 0.5) is 105 Å². The van der Waals surface area contributed by atoms with E-state index in [1.807, 2.05) is 109 Å². The number of benzene rings is 8. The van der Waals surface area contributed by atoms with Crippen molar-refractivity contribution in [2.75, 3.05) is 39.3 Å². The summed E-state index contributed by atoms with van der Waals surface area (Å²) in [4.78, 5) is 33.1. The van der Waals surface area contributed by atoms with Gasteiger partial charge < -0.3 is 26.2 Å². The number of hydrogen-bond acceptors (Lipinski definition) is 16. The molecule has 608 valence electrons. The summed E-state index contributed by atoms with van der Waals surface area (Å²) in [5.74, 6) is 3.74. The number of alkyl halides is 12. The molecule has 8 aromatic carbocycles. The predicted octanol–water partition coefficient (Wildman–Crippen LogP) is 24.2. The second-order valence-corrected chi connectivity index (χ2v) is 28.1. The van der Waals surface area contributed by atoms with Gasteiger partial charge in [0.25, 0.3) is 0 Å². The number of piperidine rings is 1. The Balaban J connectivity index is 0.000000116. The lowest BCUT2D eigenvalue weighted by atomic mass is 10.0. The van der Waals surface area contributed by atoms with Crippen LogP contribution < -0.4 is 26.2 Å². The first-order chi connectivity index (χ1) is 59.0. The van der Waals surface area contributed by atoms with Crippen molar-refractivity contribution >= 4 is 128 Å². The standard InChI is InChI=1S/C24H22F3N5.3C22H14F3N5/c25-24(26,27)19-10-4-2-8-17(19)21-14-16(32-12-6-1-7-13-32)15-22(28-21)29-23-18-9-3-5-11-20(18)30-31-23;23-22(24,25)16-9-3-1-7-14(16)18-12-13-6-5-11-26-19(13)21(27-18)28-20-15-8-2-4-10-17(15)29-30-20;23-22(24,25)16-9-3-1-6-13(16)19-12-18-15(8-5-11-26-18)20(27-19)28-21-14-7-2-4-10-17(14)29-30-21;23-22(24,25)17-7-3-1-5-15(17)19-11-13-12-26-10-9-14(13)20(27-19)28-21-16-6-2-4-8-18(16)29-30-21/h2-5,8-11,14-15H,1,6-7,12-13H2,(H2,28,29,30,31);3*1-12H,(H2,27,28,29,30). The molecule has 20 rings (SSSR count). The van der Waals surface area contributed by atoms with Crippen molar-refractivity contribution in [3.8, 4) is 45.0 Å². The first kappa shape index (κ1) is 79.1. The van der Waals surface area contributed by atoms with Crippen LogP contribution in [0.5, 0.6) is 0 Å². The Bertz CT molecular complexity index is 6520. The van der Waals surface area contributed by atoms with E-state index >= 15 is 0 Å². The number of rotatable bonds is 13. The Morgan fingerprint density at radius 1 is 0.295 bits per heavy atom. The number of pyridine rings is 7. The van der Waals surface area contributed by atoms with E-state index in [4.69, 9.17) is 0 Å². The van der Waals surface area contributed by atoms with Crippen LogP contribution in [0.2, 0.25) is 0 Å². The van der Waals surface area contributed by atoms with Gasteiger partial charge in [0.05, 0.1) is 72.6 Å². The van der Waals surface area contributed by atoms with Crippen LogP contribution in [-0.2, 0) is 24.7 Å². The molecule has 0 bridgehead atoms. The number of aromatic amines is 4. The van der Waals surface area contributed by atoms with Gasteiger partial charge in [-0.15, -0.1) is 0 Å². The maximum Gasteiger partial charge on any atom is 0.417 e. The van der Waals surface area contributed by atoms with Gasteiger partial charge in [-0.1, -0.05) is 127 Å². The van der Waals surface area contributed by atoms with Crippen LogP contribution >= 0.6 is 0 Å². The molecular formula is C90H64F12N20. The molecular weight excluding hydrogens is 1590 g/mol. The van der Waals surface area contributed by atoms with Gasteiger partial charge in [0.15, 0.2) is 29.1 Å². The minimum absolute atomic E-state index is 0.00527. The molecule has 0 radical (unpaired) electrons. The zero-order valence-electron chi connectivity index (χ0n) is 63.5. The second-order valence-electron chi connectivity index (χ2n) is 28.1. The van der Waals surface area contributed by atoms with Gasteiger partial charge in [0.1, 0.15) is 23.0 Å². The van der Waals surface area contributed by atoms with Crippen molar-refractivity contribution in [1.82, 2.24) is 75.7 Å². The molecule has 1 saturated heterocycles. The fraction of sp³-hybridized carbons (Fsp3) is 0.100. The van der Waals surface area contributed by atoms with E-state index in [-0.39, 0.29) is 45.0 Å². The number of H-pyrrole nitrogens is 4. The van der Waals surface area contributed by atoms with Crippen molar-refractivity contribution in [2.45, 2.75) is 44.0 Å². The molecule has 0 spiro atoms. The SMILES string of the molecule is FC(F)(F)c1ccccc1-c1cc(N2CCCCC2)cc(Nc2n[nH]c3ccccc23)n1.FC(F)(F)c1ccccc1-c1cc2cccnc2c(Nc2n[nH]c3ccccc23)n1.FC(F)(F)c1ccccc1-c1cc2cnccc2c(Nc2n[nH]c3ccccc23)n1.FC(F)(F)c1ccccc1-c1cc2ncccc2c(Nc2n[nH]c3ccccc23)n1. The van der Waals surface area contributed by atoms with Crippen molar-refractivity contribution < 1.29 is 52.7 Å². The van der Waals surface area contributed by atoms with E-state index in [1.54, 1.807) is 97.6 Å². The van der Waals surface area contributed by atoms with Gasteiger partial charge in [0, 0.05) is 115 Å². The van der Waals surface area contributed by atoms with E-state index in [1.165, 1.54) is 48.5 Å². The van der Waals surface area contributed by atoms with E-state index in [0.717, 1.165) is 111 Å². The van der Waals surface area contributed by atoms with Crippen molar-refractivity contribution in [2.24, 2.45) is 0 Å². The number of para-hydroxylation sites is 4. The lowest BCUT2D eigenvalue weighted by Crippen LogP contribution is -2.29. The van der Waals surface area contributed by atoms with Crippen LogP contribution in [0.15, 0.2) is 280 Å². The highest BCUT2D eigenvalue weighted by molar-refractivity contribution is 6.02. The van der Waals surface area contributed by atoms with Gasteiger partial charge in [-0.05, 0) is 141 Å². The first-order valence-corrected chi connectivity index (χ1v) is 38.0. The van der Waals surface area contributed by atoms with Gasteiger partial charge in [-0.3, -0.25) is 35.3 Å². The molecule has 0 unspecified atom stereocenters. The van der Waals surface area contributed by atoms with Gasteiger partial charge in [0.2, 0.25) is 0 Å². The maximum atomic E-state index is 13.7. The minimum Gasteiger partial charge on any atom is -0.371 e. The van der Waals surface area contributed by atoms with Crippen molar-refractivity contribution in [1.29, 1.82) is 0 Å². The Hall–Kier alpha value is -15.4. The van der Waals surface area contributed by atoms with E-state index < -0.39 is 47.0 Å². The van der Waals surface area contributed by atoms with E-state index in [2.05, 4.69) is 102 Å². The first-order valence-electron chi connectivity index (χ1n) is 38.0. The molecule has 20 nitrogen and oxygen atoms in total. The average Bonchev–Trinajstić information content (AvgIpc) is 1.64. The summed E-state index contributed by atoms with van der Waals surface area (Å²) in [6, 6.07) is 69.3. The average molecular weight is 1650 g/mol. The maximum absolute atomic E-state index is 13.7. The summed E-state index contributed by atoms with van der Waals surface area (Å²) >= 11 is 0. The zero-order chi connectivity index (χ0) is 84.3. The molecule has 19 aromatic rings. The van der Waals surface area contributed by atoms with Crippen LogP contribution in [0, 0.1) is 0 Å². The topological polar surface area (TPSA) is 256 Å². The van der Waals surface area contributed by atoms with Crippen LogP contribution in [0.25, 0.3) is 121 Å². The number of halogens is 12. The number of hydrogen-bond donors (Lipinski definition) is 8. The number of nitrogens with one attached hydrogen (secondary N) is 8. The molecule has 8 N–H and O–H groups in total. The zero-order valence-corrected chi connectivity index (χ0v) is 63.5. The molecule has 0 atom stereocenters. The molecule has 0 aliphatic carbocycles. The monoisotopic (exact) mass is 1650 g/mol. The summed E-state index contributed by atoms with van der Waals surface area (Å²) in [5.41, 5.74) is 3.30. The number of aromatic nitrogens is 15. The molecule has 0 amide bonds. The highest BCUT2D eigenvalue weighted by Gasteiger charge is 2.38. The molecule has 122 heavy (non-hydrogen) atoms. The van der Waals surface area contributed by atoms with Crippen LogP contribution in [0.1, 0.15) is 41.5 Å². The molecule has 11 aromatic heterocycles. The predicted molar refractivity (Wildman–Crippen MR) is 448 cm³/mol. The molecule has 0 saturated carbocycles. The molecule has 1 aliphatic rings. The lowest BCUT2D eigenvalue weighted by molar-refractivity contribution is -0.137. The van der Waals surface area contributed by atoms with Crippen LogP contribution in [0.3, 0.4) is 0 Å². The number of fused-ring (bicyclic) bond motifs is 7. The van der Waals surface area contributed by atoms with E-state index in [9.17, 15) is 52.7 Å². The highest BCUT2D eigenvalue weighted by Crippen LogP contribution is 2.45. The Kier molecular flexibility index (Phi) is 21.5. The Labute approximate surface area is 683 Å². The molecule has 32 heteroatoms. The van der Waals surface area contributed by atoms with Gasteiger partial charge >= 0.3 is 24.7 Å². The normalized spacial score (nSPS) is 12.6. The summed E-state index contributed by atoms with van der Waals surface area (Å²) in [6.45, 7) is 1.74. The van der Waals surface area contributed by atoms with Crippen molar-refractivity contribution in [3.63, 3.8) is 0 Å². The lowest BCUT2D eigenvalue weighted by Gasteiger charge is -2.29. The summed E-state index contributed by atoms with van der Waals surface area (Å²) in [5, 5.41) is 47.8. The summed E-state index contributed by atoms with van der Waals surface area (Å²) < 4.78 is 163. The molecule has 12 heterocycles. The second kappa shape index (κ2) is 33.2. The molecule has 1 fully saturated rings. The molecule has 1 aliphatic heterocycles. The Morgan fingerprint density at radius 3 is 1.13 bits per heavy atom. The highest BCUT2D eigenvalue weighted by atomic mass is 19.4. The third-order valence-corrected chi connectivity index (χ3v) is 20.2. The fourth-order valence-corrected chi connectivity index (χ4v) is 14.5. The number of anilines is 9. The smallest absolute Gasteiger partial charge is 0.371 e. The Morgan fingerprint density at radius 2 is 0.664 bits per heavy atom.